The van der Waals surface area contributed by atoms with Crippen LogP contribution >= 0.6 is 31.9 Å². The maximum absolute atomic E-state index is 11.6. The molecule has 0 radical (unpaired) electrons. The second kappa shape index (κ2) is 9.62. The number of carbonyl (C=O) groups is 1. The van der Waals surface area contributed by atoms with Crippen LogP contribution in [0.1, 0.15) is 20.8 Å². The first-order valence-electron chi connectivity index (χ1n) is 9.47. The van der Waals surface area contributed by atoms with E-state index in [1.54, 1.807) is 12.1 Å². The average molecular weight is 546 g/mol. The third-order valence-corrected chi connectivity index (χ3v) is 4.94. The minimum absolute atomic E-state index is 0.476. The molecule has 0 aliphatic rings. The van der Waals surface area contributed by atoms with Crippen molar-refractivity contribution in [3.05, 3.63) is 69.6 Å². The lowest BCUT2D eigenvalue weighted by molar-refractivity contribution is 0.0635. The Bertz CT molecular complexity index is 1200. The second-order valence-electron chi connectivity index (χ2n) is 7.73. The molecule has 4 aromatic rings. The number of nitrogen functional groups attached to an aromatic ring is 1. The Morgan fingerprint density at radius 3 is 2.00 bits per heavy atom. The predicted octanol–water partition coefficient (Wildman–Crippen LogP) is 6.92. The molecule has 31 heavy (non-hydrogen) atoms. The van der Waals surface area contributed by atoms with Gasteiger partial charge in [-0.05, 0) is 81.4 Å². The van der Waals surface area contributed by atoms with Gasteiger partial charge in [-0.15, -0.1) is 0 Å². The van der Waals surface area contributed by atoms with E-state index in [2.05, 4.69) is 47.1 Å². The number of nitrogens with two attached hydrogens (primary N) is 1. The molecule has 2 heterocycles. The summed E-state index contributed by atoms with van der Waals surface area (Å²) in [6.07, 6.45) is -0.503. The molecule has 0 atom stereocenters. The minimum Gasteiger partial charge on any atom is -0.444 e. The lowest BCUT2D eigenvalue weighted by Crippen LogP contribution is -2.27. The number of halogens is 2. The number of carbonyl (C=O) groups excluding carboxylic acids is 1. The Labute approximate surface area is 197 Å². The highest BCUT2D eigenvalue weighted by atomic mass is 79.9. The largest absolute Gasteiger partial charge is 0.444 e. The molecule has 0 saturated carbocycles. The van der Waals surface area contributed by atoms with Crippen LogP contribution < -0.4 is 11.1 Å². The zero-order valence-electron chi connectivity index (χ0n) is 17.3. The molecular formula is C23H22Br2N4O2. The average Bonchev–Trinajstić information content (AvgIpc) is 2.67. The first kappa shape index (κ1) is 23.0. The molecule has 2 aromatic heterocycles. The molecule has 4 rings (SSSR count). The van der Waals surface area contributed by atoms with Gasteiger partial charge in [0.25, 0.3) is 0 Å². The highest BCUT2D eigenvalue weighted by molar-refractivity contribution is 9.10. The van der Waals surface area contributed by atoms with Crippen molar-refractivity contribution in [2.75, 3.05) is 11.1 Å². The Morgan fingerprint density at radius 2 is 1.42 bits per heavy atom. The van der Waals surface area contributed by atoms with Gasteiger partial charge >= 0.3 is 6.09 Å². The number of aromatic nitrogens is 2. The summed E-state index contributed by atoms with van der Waals surface area (Å²) < 4.78 is 7.23. The fourth-order valence-corrected chi connectivity index (χ4v) is 3.44. The van der Waals surface area contributed by atoms with Crippen LogP contribution in [0.5, 0.6) is 0 Å². The quantitative estimate of drug-likeness (QED) is 0.271. The number of nitrogens with zero attached hydrogens (tertiary/aromatic N) is 2. The van der Waals surface area contributed by atoms with E-state index >= 15 is 0 Å². The first-order valence-corrected chi connectivity index (χ1v) is 11.1. The summed E-state index contributed by atoms with van der Waals surface area (Å²) in [5, 5.41) is 4.72. The van der Waals surface area contributed by atoms with E-state index in [4.69, 9.17) is 10.5 Å². The van der Waals surface area contributed by atoms with Crippen LogP contribution in [0.15, 0.2) is 69.6 Å². The van der Waals surface area contributed by atoms with E-state index in [0.29, 0.717) is 11.6 Å². The number of rotatable bonds is 1. The standard InChI is InChI=1S/C14H15BrN2O2.C9H7BrN2/c1-14(2,3)19-13(18)17-12-7-4-9-8-10(15)5-6-11(9)16-12;10-7-2-3-8-6(5-7)1-4-9(11)12-8/h4-8H,1-3H3,(H,16,17,18);1-5H,(H2,11,12). The van der Waals surface area contributed by atoms with Crippen LogP contribution in [0.2, 0.25) is 0 Å². The maximum atomic E-state index is 11.6. The molecule has 8 heteroatoms. The molecule has 0 bridgehead atoms. The van der Waals surface area contributed by atoms with E-state index in [1.807, 2.05) is 69.3 Å². The van der Waals surface area contributed by atoms with Gasteiger partial charge in [0.1, 0.15) is 17.2 Å². The lowest BCUT2D eigenvalue weighted by Gasteiger charge is -2.19. The third-order valence-electron chi connectivity index (χ3n) is 3.95. The zero-order chi connectivity index (χ0) is 22.6. The van der Waals surface area contributed by atoms with E-state index in [0.717, 1.165) is 30.8 Å². The maximum Gasteiger partial charge on any atom is 0.413 e. The number of hydrogen-bond acceptors (Lipinski definition) is 5. The fourth-order valence-electron chi connectivity index (χ4n) is 2.69. The number of pyridine rings is 2. The Hall–Kier alpha value is -2.71. The van der Waals surface area contributed by atoms with E-state index in [1.165, 1.54) is 0 Å². The van der Waals surface area contributed by atoms with Gasteiger partial charge in [-0.2, -0.15) is 0 Å². The van der Waals surface area contributed by atoms with Crippen molar-refractivity contribution in [2.24, 2.45) is 0 Å². The third kappa shape index (κ3) is 6.90. The molecule has 0 aliphatic carbocycles. The molecule has 0 unspecified atom stereocenters. The van der Waals surface area contributed by atoms with Gasteiger partial charge in [0.05, 0.1) is 11.0 Å². The summed E-state index contributed by atoms with van der Waals surface area (Å²) in [5.41, 5.74) is 6.76. The van der Waals surface area contributed by atoms with Crippen LogP contribution in [0.3, 0.4) is 0 Å². The number of nitrogens with one attached hydrogen (secondary N) is 1. The summed E-state index contributed by atoms with van der Waals surface area (Å²) in [4.78, 5) is 20.2. The second-order valence-corrected chi connectivity index (χ2v) is 9.56. The van der Waals surface area contributed by atoms with Crippen molar-refractivity contribution in [2.45, 2.75) is 26.4 Å². The normalized spacial score (nSPS) is 11.0. The van der Waals surface area contributed by atoms with Crippen molar-refractivity contribution in [3.8, 4) is 0 Å². The van der Waals surface area contributed by atoms with Crippen LogP contribution in [0, 0.1) is 0 Å². The van der Waals surface area contributed by atoms with Crippen LogP contribution in [-0.4, -0.2) is 21.7 Å². The van der Waals surface area contributed by atoms with Crippen molar-refractivity contribution < 1.29 is 9.53 Å². The minimum atomic E-state index is -0.522. The van der Waals surface area contributed by atoms with Crippen molar-refractivity contribution in [1.82, 2.24) is 9.97 Å². The number of fused-ring (bicyclic) bond motifs is 2. The highest BCUT2D eigenvalue weighted by Gasteiger charge is 2.16. The van der Waals surface area contributed by atoms with Gasteiger partial charge in [-0.1, -0.05) is 31.9 Å². The van der Waals surface area contributed by atoms with Gasteiger partial charge in [0.15, 0.2) is 0 Å². The van der Waals surface area contributed by atoms with Gasteiger partial charge in [-0.25, -0.2) is 14.8 Å². The highest BCUT2D eigenvalue weighted by Crippen LogP contribution is 2.21. The summed E-state index contributed by atoms with van der Waals surface area (Å²) in [6, 6.07) is 19.1. The fraction of sp³-hybridized carbons (Fsp3) is 0.174. The molecule has 0 spiro atoms. The number of amides is 1. The molecule has 6 nitrogen and oxygen atoms in total. The molecule has 0 aliphatic heterocycles. The predicted molar refractivity (Wildman–Crippen MR) is 133 cm³/mol. The summed E-state index contributed by atoms with van der Waals surface area (Å²) >= 11 is 6.80. The Morgan fingerprint density at radius 1 is 0.871 bits per heavy atom. The van der Waals surface area contributed by atoms with Gasteiger partial charge in [0.2, 0.25) is 0 Å². The zero-order valence-corrected chi connectivity index (χ0v) is 20.5. The monoisotopic (exact) mass is 544 g/mol. The molecular weight excluding hydrogens is 524 g/mol. The SMILES string of the molecule is CC(C)(C)OC(=O)Nc1ccc2cc(Br)ccc2n1.Nc1ccc2cc(Br)ccc2n1. The van der Waals surface area contributed by atoms with Crippen molar-refractivity contribution >= 4 is 71.4 Å². The van der Waals surface area contributed by atoms with Crippen molar-refractivity contribution in [3.63, 3.8) is 0 Å². The van der Waals surface area contributed by atoms with E-state index in [9.17, 15) is 4.79 Å². The molecule has 3 N–H and O–H groups in total. The molecule has 1 amide bonds. The Balaban J connectivity index is 0.000000194. The van der Waals surface area contributed by atoms with Gasteiger partial charge in [-0.3, -0.25) is 5.32 Å². The number of ether oxygens (including phenoxy) is 1. The molecule has 160 valence electrons. The molecule has 0 saturated heterocycles. The van der Waals surface area contributed by atoms with Crippen LogP contribution in [0.25, 0.3) is 21.8 Å². The number of hydrogen-bond donors (Lipinski definition) is 2. The number of anilines is 2. The smallest absolute Gasteiger partial charge is 0.413 e. The van der Waals surface area contributed by atoms with Gasteiger partial charge < -0.3 is 10.5 Å². The summed E-state index contributed by atoms with van der Waals surface area (Å²) in [7, 11) is 0. The summed E-state index contributed by atoms with van der Waals surface area (Å²) in [6.45, 7) is 5.45. The summed E-state index contributed by atoms with van der Waals surface area (Å²) in [5.74, 6) is 1.04. The first-order chi connectivity index (χ1) is 14.6. The van der Waals surface area contributed by atoms with E-state index in [-0.39, 0.29) is 0 Å². The van der Waals surface area contributed by atoms with Crippen molar-refractivity contribution in [1.29, 1.82) is 0 Å². The lowest BCUT2D eigenvalue weighted by atomic mass is 10.2. The molecule has 0 fully saturated rings. The van der Waals surface area contributed by atoms with E-state index < -0.39 is 11.7 Å². The topological polar surface area (TPSA) is 90.1 Å². The number of benzene rings is 2. The van der Waals surface area contributed by atoms with Gasteiger partial charge in [0, 0.05) is 19.7 Å². The molecule has 2 aromatic carbocycles. The van der Waals surface area contributed by atoms with Crippen LogP contribution in [0.4, 0.5) is 16.4 Å². The van der Waals surface area contributed by atoms with Crippen LogP contribution in [-0.2, 0) is 4.74 Å². The Kier molecular flexibility index (Phi) is 7.12.